The Bertz CT molecular complexity index is 416. The first-order chi connectivity index (χ1) is 10.8. The topological polar surface area (TPSA) is 104 Å². The van der Waals surface area contributed by atoms with E-state index >= 15 is 0 Å². The Morgan fingerprint density at radius 1 is 1.04 bits per heavy atom. The fraction of sp³-hybridized carbons (Fsp3) is 0.733. The maximum atomic E-state index is 12.0. The summed E-state index contributed by atoms with van der Waals surface area (Å²) in [4.78, 5) is 45.4. The zero-order valence-corrected chi connectivity index (χ0v) is 14.6. The van der Waals surface area contributed by atoms with Gasteiger partial charge in [0.2, 0.25) is 17.7 Å². The van der Waals surface area contributed by atoms with Gasteiger partial charge in [-0.05, 0) is 25.7 Å². The van der Waals surface area contributed by atoms with Crippen LogP contribution in [0.15, 0.2) is 0 Å². The van der Waals surface area contributed by atoms with Crippen molar-refractivity contribution in [2.24, 2.45) is 5.92 Å². The zero-order chi connectivity index (χ0) is 17.8. The lowest BCUT2D eigenvalue weighted by Gasteiger charge is -2.22. The third-order valence-corrected chi connectivity index (χ3v) is 3.36. The molecule has 23 heavy (non-hydrogen) atoms. The minimum absolute atomic E-state index is 0.0785. The van der Waals surface area contributed by atoms with E-state index < -0.39 is 12.1 Å². The van der Waals surface area contributed by atoms with E-state index in [1.54, 1.807) is 6.92 Å². The highest BCUT2D eigenvalue weighted by Gasteiger charge is 2.24. The van der Waals surface area contributed by atoms with Crippen molar-refractivity contribution in [3.8, 4) is 0 Å². The molecule has 0 aromatic rings. The van der Waals surface area contributed by atoms with Crippen molar-refractivity contribution in [3.63, 3.8) is 0 Å². The predicted octanol–water partition coefficient (Wildman–Crippen LogP) is 0.356. The van der Waals surface area contributed by atoms with Crippen LogP contribution in [0.25, 0.3) is 0 Å². The molecule has 0 aliphatic heterocycles. The van der Waals surface area contributed by atoms with Gasteiger partial charge in [0.25, 0.3) is 0 Å². The van der Waals surface area contributed by atoms with E-state index in [9.17, 15) is 19.2 Å². The molecule has 2 atom stereocenters. The number of unbranched alkanes of at least 4 members (excludes halogenated alkanes) is 1. The van der Waals surface area contributed by atoms with E-state index in [1.165, 1.54) is 0 Å². The van der Waals surface area contributed by atoms with Crippen molar-refractivity contribution < 1.29 is 19.2 Å². The SMILES string of the molecule is CC(C)[C@H](NC(=O)CCCCNC(=O)CCl)C(=O)N[C@@H](C)C=O. The second kappa shape index (κ2) is 11.9. The Balaban J connectivity index is 4.18. The van der Waals surface area contributed by atoms with Crippen molar-refractivity contribution in [2.75, 3.05) is 12.4 Å². The van der Waals surface area contributed by atoms with Gasteiger partial charge in [-0.25, -0.2) is 0 Å². The lowest BCUT2D eigenvalue weighted by molar-refractivity contribution is -0.131. The Morgan fingerprint density at radius 3 is 2.22 bits per heavy atom. The fourth-order valence-corrected chi connectivity index (χ4v) is 1.91. The van der Waals surface area contributed by atoms with Gasteiger partial charge < -0.3 is 20.7 Å². The molecule has 3 amide bonds. The third-order valence-electron chi connectivity index (χ3n) is 3.11. The van der Waals surface area contributed by atoms with Gasteiger partial charge in [-0.3, -0.25) is 14.4 Å². The van der Waals surface area contributed by atoms with Gasteiger partial charge in [0.1, 0.15) is 18.2 Å². The number of carbonyl (C=O) groups excluding carboxylic acids is 4. The minimum Gasteiger partial charge on any atom is -0.355 e. The number of halogens is 1. The third kappa shape index (κ3) is 9.89. The fourth-order valence-electron chi connectivity index (χ4n) is 1.81. The molecule has 3 N–H and O–H groups in total. The highest BCUT2D eigenvalue weighted by Crippen LogP contribution is 2.04. The van der Waals surface area contributed by atoms with Gasteiger partial charge in [0, 0.05) is 13.0 Å². The lowest BCUT2D eigenvalue weighted by atomic mass is 10.0. The Kier molecular flexibility index (Phi) is 11.0. The molecule has 0 fully saturated rings. The number of nitrogens with one attached hydrogen (secondary N) is 3. The van der Waals surface area contributed by atoms with Gasteiger partial charge >= 0.3 is 0 Å². The molecular weight excluding hydrogens is 322 g/mol. The number of alkyl halides is 1. The van der Waals surface area contributed by atoms with Crippen LogP contribution in [0.2, 0.25) is 0 Å². The van der Waals surface area contributed by atoms with Crippen LogP contribution in [0, 0.1) is 5.92 Å². The van der Waals surface area contributed by atoms with Crippen molar-refractivity contribution in [3.05, 3.63) is 0 Å². The summed E-state index contributed by atoms with van der Waals surface area (Å²) in [6.07, 6.45) is 2.13. The van der Waals surface area contributed by atoms with Gasteiger partial charge in [-0.2, -0.15) is 0 Å². The van der Waals surface area contributed by atoms with Crippen LogP contribution in [0.4, 0.5) is 0 Å². The zero-order valence-electron chi connectivity index (χ0n) is 13.9. The quantitative estimate of drug-likeness (QED) is 0.285. The summed E-state index contributed by atoms with van der Waals surface area (Å²) >= 11 is 5.34. The number of hydrogen-bond acceptors (Lipinski definition) is 4. The molecule has 0 heterocycles. The second-order valence-electron chi connectivity index (χ2n) is 5.66. The first-order valence-corrected chi connectivity index (χ1v) is 8.23. The number of amides is 3. The molecule has 0 unspecified atom stereocenters. The first-order valence-electron chi connectivity index (χ1n) is 7.69. The molecule has 0 radical (unpaired) electrons. The van der Waals surface area contributed by atoms with Crippen LogP contribution in [0.1, 0.15) is 40.0 Å². The van der Waals surface area contributed by atoms with Gasteiger partial charge in [0.05, 0.1) is 6.04 Å². The molecular formula is C15H26ClN3O4. The molecule has 0 spiro atoms. The van der Waals surface area contributed by atoms with Crippen molar-refractivity contribution in [1.29, 1.82) is 0 Å². The van der Waals surface area contributed by atoms with Crippen LogP contribution >= 0.6 is 11.6 Å². The summed E-state index contributed by atoms with van der Waals surface area (Å²) in [5, 5.41) is 7.82. The summed E-state index contributed by atoms with van der Waals surface area (Å²) in [6.45, 7) is 5.67. The average molecular weight is 348 g/mol. The summed E-state index contributed by atoms with van der Waals surface area (Å²) in [5.41, 5.74) is 0. The Morgan fingerprint density at radius 2 is 1.70 bits per heavy atom. The van der Waals surface area contributed by atoms with Gasteiger partial charge in [-0.1, -0.05) is 13.8 Å². The normalized spacial score (nSPS) is 13.1. The molecule has 0 saturated heterocycles. The monoisotopic (exact) mass is 347 g/mol. The highest BCUT2D eigenvalue weighted by molar-refractivity contribution is 6.27. The summed E-state index contributed by atoms with van der Waals surface area (Å²) in [5.74, 6) is -1.02. The molecule has 8 heteroatoms. The first kappa shape index (κ1) is 21.4. The number of rotatable bonds is 11. The molecule has 0 aliphatic carbocycles. The van der Waals surface area contributed by atoms with E-state index in [2.05, 4.69) is 16.0 Å². The molecule has 0 saturated carbocycles. The Labute approximate surface area is 141 Å². The smallest absolute Gasteiger partial charge is 0.243 e. The molecule has 0 rings (SSSR count). The maximum Gasteiger partial charge on any atom is 0.243 e. The van der Waals surface area contributed by atoms with E-state index in [4.69, 9.17) is 11.6 Å². The molecule has 7 nitrogen and oxygen atoms in total. The van der Waals surface area contributed by atoms with E-state index in [0.717, 1.165) is 0 Å². The van der Waals surface area contributed by atoms with Crippen molar-refractivity contribution in [2.45, 2.75) is 52.1 Å². The Hall–Kier alpha value is -1.63. The molecule has 0 aliphatic rings. The van der Waals surface area contributed by atoms with Crippen molar-refractivity contribution >= 4 is 35.6 Å². The average Bonchev–Trinajstić information content (AvgIpc) is 2.51. The lowest BCUT2D eigenvalue weighted by Crippen LogP contribution is -2.51. The molecule has 0 aromatic heterocycles. The van der Waals surface area contributed by atoms with Gasteiger partial charge in [-0.15, -0.1) is 11.6 Å². The van der Waals surface area contributed by atoms with Crippen LogP contribution in [-0.4, -0.2) is 48.5 Å². The highest BCUT2D eigenvalue weighted by atomic mass is 35.5. The standard InChI is InChI=1S/C15H26ClN3O4/c1-10(2)14(15(23)18-11(3)9-20)19-12(21)6-4-5-7-17-13(22)8-16/h9-11,14H,4-8H2,1-3H3,(H,17,22)(H,18,23)(H,19,21)/t11-,14-/m0/s1. The number of carbonyl (C=O) groups is 4. The van der Waals surface area contributed by atoms with E-state index in [1.807, 2.05) is 13.8 Å². The number of aldehydes is 1. The maximum absolute atomic E-state index is 12.0. The van der Waals surface area contributed by atoms with E-state index in [-0.39, 0.29) is 35.9 Å². The molecule has 0 aromatic carbocycles. The largest absolute Gasteiger partial charge is 0.355 e. The molecule has 132 valence electrons. The van der Waals surface area contributed by atoms with Crippen LogP contribution in [0.5, 0.6) is 0 Å². The van der Waals surface area contributed by atoms with Gasteiger partial charge in [0.15, 0.2) is 0 Å². The van der Waals surface area contributed by atoms with Crippen LogP contribution in [0.3, 0.4) is 0 Å². The van der Waals surface area contributed by atoms with Crippen molar-refractivity contribution in [1.82, 2.24) is 16.0 Å². The minimum atomic E-state index is -0.680. The molecule has 0 bridgehead atoms. The summed E-state index contributed by atoms with van der Waals surface area (Å²) < 4.78 is 0. The second-order valence-corrected chi connectivity index (χ2v) is 5.93. The summed E-state index contributed by atoms with van der Waals surface area (Å²) in [7, 11) is 0. The number of hydrogen-bond donors (Lipinski definition) is 3. The van der Waals surface area contributed by atoms with E-state index in [0.29, 0.717) is 25.7 Å². The van der Waals surface area contributed by atoms with Crippen LogP contribution < -0.4 is 16.0 Å². The van der Waals surface area contributed by atoms with Crippen LogP contribution in [-0.2, 0) is 19.2 Å². The predicted molar refractivity (Wildman–Crippen MR) is 88.0 cm³/mol. The summed E-state index contributed by atoms with van der Waals surface area (Å²) in [6, 6.07) is -1.27.